The van der Waals surface area contributed by atoms with Crippen LogP contribution < -0.4 is 5.32 Å². The smallest absolute Gasteiger partial charge is 0.243 e. The van der Waals surface area contributed by atoms with Crippen molar-refractivity contribution in [2.24, 2.45) is 0 Å². The van der Waals surface area contributed by atoms with Crippen molar-refractivity contribution >= 4 is 37.5 Å². The minimum Gasteiger partial charge on any atom is -0.326 e. The number of nitrogens with one attached hydrogen (secondary N) is 1. The molecule has 26 heavy (non-hydrogen) atoms. The Morgan fingerprint density at radius 3 is 2.19 bits per heavy atom. The molecular formula is C19H21BrN2O3S. The molecule has 7 heteroatoms. The number of carbonyl (C=O) groups is 1. The highest BCUT2D eigenvalue weighted by atomic mass is 79.9. The molecule has 0 aliphatic carbocycles. The third-order valence-electron chi connectivity index (χ3n) is 4.37. The average molecular weight is 437 g/mol. The maximum Gasteiger partial charge on any atom is 0.243 e. The van der Waals surface area contributed by atoms with Gasteiger partial charge in [0.15, 0.2) is 0 Å². The van der Waals surface area contributed by atoms with E-state index in [9.17, 15) is 13.2 Å². The van der Waals surface area contributed by atoms with E-state index >= 15 is 0 Å². The first-order valence-electron chi connectivity index (χ1n) is 8.60. The lowest BCUT2D eigenvalue weighted by molar-refractivity contribution is -0.115. The van der Waals surface area contributed by atoms with E-state index < -0.39 is 10.0 Å². The Labute approximate surface area is 162 Å². The number of hydrogen-bond donors (Lipinski definition) is 1. The Bertz CT molecular complexity index is 859. The second kappa shape index (κ2) is 8.33. The van der Waals surface area contributed by atoms with Crippen molar-refractivity contribution in [3.63, 3.8) is 0 Å². The summed E-state index contributed by atoms with van der Waals surface area (Å²) >= 11 is 3.36. The summed E-state index contributed by atoms with van der Waals surface area (Å²) in [5.41, 5.74) is 1.50. The van der Waals surface area contributed by atoms with Crippen LogP contribution in [-0.2, 0) is 21.2 Å². The third-order valence-corrected chi connectivity index (χ3v) is 6.81. The zero-order valence-corrected chi connectivity index (χ0v) is 16.7. The summed E-state index contributed by atoms with van der Waals surface area (Å²) in [7, 11) is -3.44. The molecule has 3 rings (SSSR count). The van der Waals surface area contributed by atoms with Gasteiger partial charge in [-0.05, 0) is 54.8 Å². The first-order chi connectivity index (χ1) is 12.4. The fourth-order valence-corrected chi connectivity index (χ4v) is 4.74. The summed E-state index contributed by atoms with van der Waals surface area (Å²) in [4.78, 5) is 12.4. The summed E-state index contributed by atoms with van der Waals surface area (Å²) in [6.45, 7) is 1.15. The van der Waals surface area contributed by atoms with Crippen LogP contribution in [-0.4, -0.2) is 31.7 Å². The van der Waals surface area contributed by atoms with E-state index in [0.717, 1.165) is 29.3 Å². The summed E-state index contributed by atoms with van der Waals surface area (Å²) in [6.07, 6.45) is 3.16. The molecule has 1 saturated heterocycles. The molecule has 1 heterocycles. The number of nitrogens with zero attached hydrogens (tertiary/aromatic N) is 1. The molecule has 5 nitrogen and oxygen atoms in total. The van der Waals surface area contributed by atoms with Gasteiger partial charge in [-0.15, -0.1) is 0 Å². The number of hydrogen-bond acceptors (Lipinski definition) is 3. The fraction of sp³-hybridized carbons (Fsp3) is 0.316. The molecule has 1 N–H and O–H groups in total. The quantitative estimate of drug-likeness (QED) is 0.774. The molecule has 1 aliphatic heterocycles. The molecule has 2 aromatic rings. The zero-order chi connectivity index (χ0) is 18.6. The summed E-state index contributed by atoms with van der Waals surface area (Å²) in [5, 5.41) is 2.80. The second-order valence-corrected chi connectivity index (χ2v) is 9.19. The first-order valence-corrected chi connectivity index (χ1v) is 10.8. The van der Waals surface area contributed by atoms with Crippen LogP contribution in [0.15, 0.2) is 57.9 Å². The molecule has 1 fully saturated rings. The third kappa shape index (κ3) is 4.72. The van der Waals surface area contributed by atoms with Gasteiger partial charge in [0, 0.05) is 23.2 Å². The second-order valence-electron chi connectivity index (χ2n) is 6.34. The Morgan fingerprint density at radius 1 is 0.962 bits per heavy atom. The monoisotopic (exact) mass is 436 g/mol. The molecule has 1 aliphatic rings. The fourth-order valence-electron chi connectivity index (χ4n) is 2.96. The van der Waals surface area contributed by atoms with Gasteiger partial charge in [0.2, 0.25) is 15.9 Å². The molecule has 0 unspecified atom stereocenters. The van der Waals surface area contributed by atoms with Crippen molar-refractivity contribution in [1.29, 1.82) is 0 Å². The number of benzene rings is 2. The van der Waals surface area contributed by atoms with E-state index in [2.05, 4.69) is 21.2 Å². The van der Waals surface area contributed by atoms with E-state index in [0.29, 0.717) is 18.8 Å². The van der Waals surface area contributed by atoms with Crippen molar-refractivity contribution in [2.75, 3.05) is 18.4 Å². The maximum atomic E-state index is 12.6. The van der Waals surface area contributed by atoms with Crippen LogP contribution in [0.2, 0.25) is 0 Å². The molecule has 0 atom stereocenters. The molecule has 0 bridgehead atoms. The van der Waals surface area contributed by atoms with E-state index in [1.807, 2.05) is 24.3 Å². The number of rotatable bonds is 5. The van der Waals surface area contributed by atoms with Crippen molar-refractivity contribution in [1.82, 2.24) is 4.31 Å². The van der Waals surface area contributed by atoms with Crippen LogP contribution in [0.3, 0.4) is 0 Å². The Kier molecular flexibility index (Phi) is 6.11. The van der Waals surface area contributed by atoms with Crippen LogP contribution in [0.4, 0.5) is 5.69 Å². The van der Waals surface area contributed by atoms with Crippen molar-refractivity contribution in [3.8, 4) is 0 Å². The van der Waals surface area contributed by atoms with Crippen LogP contribution in [0.5, 0.6) is 0 Å². The molecular weight excluding hydrogens is 416 g/mol. The van der Waals surface area contributed by atoms with Crippen LogP contribution in [0.25, 0.3) is 0 Å². The summed E-state index contributed by atoms with van der Waals surface area (Å²) in [6, 6.07) is 13.9. The van der Waals surface area contributed by atoms with Crippen LogP contribution in [0, 0.1) is 0 Å². The number of anilines is 1. The Morgan fingerprint density at radius 2 is 1.58 bits per heavy atom. The minimum absolute atomic E-state index is 0.140. The lowest BCUT2D eigenvalue weighted by atomic mass is 10.1. The number of carbonyl (C=O) groups excluding carboxylic acids is 1. The highest BCUT2D eigenvalue weighted by Crippen LogP contribution is 2.22. The van der Waals surface area contributed by atoms with Crippen molar-refractivity contribution < 1.29 is 13.2 Å². The van der Waals surface area contributed by atoms with E-state index in [-0.39, 0.29) is 17.2 Å². The topological polar surface area (TPSA) is 66.5 Å². The molecule has 0 saturated carbocycles. The van der Waals surface area contributed by atoms with Gasteiger partial charge in [-0.3, -0.25) is 4.79 Å². The van der Waals surface area contributed by atoms with Crippen LogP contribution in [0.1, 0.15) is 24.8 Å². The van der Waals surface area contributed by atoms with Gasteiger partial charge in [-0.2, -0.15) is 4.31 Å². The average Bonchev–Trinajstić information content (AvgIpc) is 2.65. The van der Waals surface area contributed by atoms with Gasteiger partial charge in [-0.25, -0.2) is 8.42 Å². The van der Waals surface area contributed by atoms with Gasteiger partial charge in [0.05, 0.1) is 11.3 Å². The maximum absolute atomic E-state index is 12.6. The Balaban J connectivity index is 1.63. The molecule has 0 radical (unpaired) electrons. The van der Waals surface area contributed by atoms with Gasteiger partial charge in [0.25, 0.3) is 0 Å². The largest absolute Gasteiger partial charge is 0.326 e. The number of sulfonamides is 1. The highest BCUT2D eigenvalue weighted by molar-refractivity contribution is 9.10. The molecule has 2 aromatic carbocycles. The first kappa shape index (κ1) is 19.1. The number of piperidine rings is 1. The zero-order valence-electron chi connectivity index (χ0n) is 14.3. The molecule has 138 valence electrons. The van der Waals surface area contributed by atoms with Crippen molar-refractivity contribution in [3.05, 3.63) is 58.6 Å². The molecule has 0 aromatic heterocycles. The Hall–Kier alpha value is -1.70. The van der Waals surface area contributed by atoms with Gasteiger partial charge in [-0.1, -0.05) is 34.5 Å². The predicted octanol–water partition coefficient (Wildman–Crippen LogP) is 3.80. The lowest BCUT2D eigenvalue weighted by Crippen LogP contribution is -2.35. The van der Waals surface area contributed by atoms with Crippen molar-refractivity contribution in [2.45, 2.75) is 30.6 Å². The van der Waals surface area contributed by atoms with E-state index in [4.69, 9.17) is 0 Å². The molecule has 0 spiro atoms. The van der Waals surface area contributed by atoms with Gasteiger partial charge >= 0.3 is 0 Å². The number of amides is 1. The standard InChI is InChI=1S/C19H21BrN2O3S/c20-16-6-4-15(5-7-16)14-19(23)21-17-8-10-18(11-9-17)26(24,25)22-12-2-1-3-13-22/h4-11H,1-3,12-14H2,(H,21,23). The van der Waals surface area contributed by atoms with Gasteiger partial charge < -0.3 is 5.32 Å². The predicted molar refractivity (Wildman–Crippen MR) is 106 cm³/mol. The normalized spacial score (nSPS) is 15.6. The summed E-state index contributed by atoms with van der Waals surface area (Å²) < 4.78 is 27.8. The lowest BCUT2D eigenvalue weighted by Gasteiger charge is -2.25. The minimum atomic E-state index is -3.44. The van der Waals surface area contributed by atoms with Crippen LogP contribution >= 0.6 is 15.9 Å². The SMILES string of the molecule is O=C(Cc1ccc(Br)cc1)Nc1ccc(S(=O)(=O)N2CCCCC2)cc1. The number of halogens is 1. The van der Waals surface area contributed by atoms with Gasteiger partial charge in [0.1, 0.15) is 0 Å². The molecule has 1 amide bonds. The summed E-state index contributed by atoms with van der Waals surface area (Å²) in [5.74, 6) is -0.140. The van der Waals surface area contributed by atoms with E-state index in [1.54, 1.807) is 24.3 Å². The highest BCUT2D eigenvalue weighted by Gasteiger charge is 2.25. The van der Waals surface area contributed by atoms with E-state index in [1.165, 1.54) is 4.31 Å².